The first-order valence-corrected chi connectivity index (χ1v) is 9.58. The molecule has 2 N–H and O–H groups in total. The summed E-state index contributed by atoms with van der Waals surface area (Å²) in [6, 6.07) is 0. The number of rotatable bonds is 6. The van der Waals surface area contributed by atoms with Gasteiger partial charge in [-0.25, -0.2) is 9.97 Å². The molecule has 124 valence electrons. The highest BCUT2D eigenvalue weighted by molar-refractivity contribution is 8.00. The first kappa shape index (κ1) is 16.5. The molecule has 1 fully saturated rings. The van der Waals surface area contributed by atoms with Crippen molar-refractivity contribution in [3.8, 4) is 0 Å². The molecule has 0 bridgehead atoms. The van der Waals surface area contributed by atoms with Crippen molar-refractivity contribution in [2.24, 2.45) is 5.92 Å². The lowest BCUT2D eigenvalue weighted by atomic mass is 9.97. The summed E-state index contributed by atoms with van der Waals surface area (Å²) in [4.78, 5) is 20.7. The maximum absolute atomic E-state index is 12.2. The van der Waals surface area contributed by atoms with Crippen LogP contribution in [0.1, 0.15) is 31.4 Å². The van der Waals surface area contributed by atoms with Gasteiger partial charge in [0.05, 0.1) is 22.4 Å². The van der Waals surface area contributed by atoms with Crippen LogP contribution in [0, 0.1) is 5.92 Å². The van der Waals surface area contributed by atoms with Crippen LogP contribution in [-0.4, -0.2) is 29.0 Å². The Morgan fingerprint density at radius 3 is 3.00 bits per heavy atom. The molecule has 1 aliphatic heterocycles. The zero-order chi connectivity index (χ0) is 16.1. The van der Waals surface area contributed by atoms with Crippen molar-refractivity contribution < 1.29 is 9.21 Å². The largest absolute Gasteiger partial charge is 0.445 e. The SMILES string of the molecule is CCc1cnc(CSc2cnc(NC(=O)C3CCNCC3)s2)o1. The van der Waals surface area contributed by atoms with Crippen molar-refractivity contribution in [1.82, 2.24) is 15.3 Å². The molecule has 3 heterocycles. The molecular weight excluding hydrogens is 332 g/mol. The van der Waals surface area contributed by atoms with E-state index in [1.807, 2.05) is 6.92 Å². The van der Waals surface area contributed by atoms with Gasteiger partial charge >= 0.3 is 0 Å². The van der Waals surface area contributed by atoms with E-state index in [2.05, 4.69) is 20.6 Å². The van der Waals surface area contributed by atoms with Gasteiger partial charge in [-0.3, -0.25) is 4.79 Å². The Kier molecular flexibility index (Phi) is 5.69. The number of carbonyl (C=O) groups excluding carboxylic acids is 1. The third-order valence-corrected chi connectivity index (χ3v) is 5.80. The van der Waals surface area contributed by atoms with Crippen LogP contribution in [0.15, 0.2) is 21.0 Å². The number of piperidine rings is 1. The van der Waals surface area contributed by atoms with Crippen LogP contribution in [-0.2, 0) is 17.0 Å². The first-order chi connectivity index (χ1) is 11.2. The predicted octanol–water partition coefficient (Wildman–Crippen LogP) is 2.92. The van der Waals surface area contributed by atoms with Gasteiger partial charge in [0.1, 0.15) is 5.76 Å². The number of thioether (sulfide) groups is 1. The molecule has 0 aromatic carbocycles. The van der Waals surface area contributed by atoms with Gasteiger partial charge in [-0.05, 0) is 25.9 Å². The van der Waals surface area contributed by atoms with Gasteiger partial charge in [0.15, 0.2) is 5.13 Å². The van der Waals surface area contributed by atoms with E-state index in [-0.39, 0.29) is 11.8 Å². The molecule has 0 unspecified atom stereocenters. The molecule has 3 rings (SSSR count). The monoisotopic (exact) mass is 352 g/mol. The van der Waals surface area contributed by atoms with Gasteiger partial charge in [0.2, 0.25) is 11.8 Å². The van der Waals surface area contributed by atoms with Crippen LogP contribution in [0.4, 0.5) is 5.13 Å². The smallest absolute Gasteiger partial charge is 0.229 e. The van der Waals surface area contributed by atoms with E-state index in [0.29, 0.717) is 10.9 Å². The number of oxazole rings is 1. The van der Waals surface area contributed by atoms with E-state index < -0.39 is 0 Å². The van der Waals surface area contributed by atoms with Crippen molar-refractivity contribution in [1.29, 1.82) is 0 Å². The molecule has 6 nitrogen and oxygen atoms in total. The fourth-order valence-corrected chi connectivity index (χ4v) is 4.12. The van der Waals surface area contributed by atoms with E-state index in [0.717, 1.165) is 48.2 Å². The van der Waals surface area contributed by atoms with E-state index in [4.69, 9.17) is 4.42 Å². The topological polar surface area (TPSA) is 80.0 Å². The lowest BCUT2D eigenvalue weighted by Gasteiger charge is -2.20. The summed E-state index contributed by atoms with van der Waals surface area (Å²) in [5.74, 6) is 2.47. The zero-order valence-electron chi connectivity index (χ0n) is 13.0. The molecule has 0 atom stereocenters. The summed E-state index contributed by atoms with van der Waals surface area (Å²) in [7, 11) is 0. The van der Waals surface area contributed by atoms with Crippen LogP contribution in [0.3, 0.4) is 0 Å². The summed E-state index contributed by atoms with van der Waals surface area (Å²) >= 11 is 3.11. The molecule has 0 radical (unpaired) electrons. The molecular formula is C15H20N4O2S2. The molecule has 8 heteroatoms. The third kappa shape index (κ3) is 4.55. The zero-order valence-corrected chi connectivity index (χ0v) is 14.6. The highest BCUT2D eigenvalue weighted by Gasteiger charge is 2.21. The van der Waals surface area contributed by atoms with Crippen LogP contribution in [0.2, 0.25) is 0 Å². The van der Waals surface area contributed by atoms with Crippen molar-refractivity contribution in [2.75, 3.05) is 18.4 Å². The average Bonchev–Trinajstić information content (AvgIpc) is 3.22. The van der Waals surface area contributed by atoms with Gasteiger partial charge in [-0.2, -0.15) is 0 Å². The number of hydrogen-bond acceptors (Lipinski definition) is 7. The minimum Gasteiger partial charge on any atom is -0.445 e. The standard InChI is InChI=1S/C15H20N4O2S2/c1-2-11-7-17-12(21-11)9-22-13-8-18-15(23-13)19-14(20)10-3-5-16-6-4-10/h7-8,10,16H,2-6,9H2,1H3,(H,18,19,20). The van der Waals surface area contributed by atoms with Gasteiger partial charge in [-0.15, -0.1) is 11.8 Å². The Labute approximate surface area is 143 Å². The summed E-state index contributed by atoms with van der Waals surface area (Å²) in [5.41, 5.74) is 0. The Bertz CT molecular complexity index is 649. The maximum atomic E-state index is 12.2. The fraction of sp³-hybridized carbons (Fsp3) is 0.533. The number of aryl methyl sites for hydroxylation is 1. The lowest BCUT2D eigenvalue weighted by molar-refractivity contribution is -0.120. The molecule has 2 aromatic rings. The number of aromatic nitrogens is 2. The number of amides is 1. The second kappa shape index (κ2) is 7.94. The van der Waals surface area contributed by atoms with E-state index in [1.165, 1.54) is 11.3 Å². The van der Waals surface area contributed by atoms with Crippen LogP contribution in [0.5, 0.6) is 0 Å². The summed E-state index contributed by atoms with van der Waals surface area (Å²) in [5, 5.41) is 6.86. The van der Waals surface area contributed by atoms with Gasteiger partial charge < -0.3 is 15.1 Å². The number of carbonyl (C=O) groups is 1. The van der Waals surface area contributed by atoms with Gasteiger partial charge in [0, 0.05) is 12.3 Å². The quantitative estimate of drug-likeness (QED) is 0.778. The van der Waals surface area contributed by atoms with E-state index in [1.54, 1.807) is 24.2 Å². The molecule has 1 saturated heterocycles. The molecule has 1 aliphatic rings. The Balaban J connectivity index is 1.50. The normalized spacial score (nSPS) is 15.7. The van der Waals surface area contributed by atoms with Crippen LogP contribution >= 0.6 is 23.1 Å². The Morgan fingerprint density at radius 1 is 1.43 bits per heavy atom. The molecule has 0 spiro atoms. The van der Waals surface area contributed by atoms with Crippen LogP contribution in [0.25, 0.3) is 0 Å². The molecule has 1 amide bonds. The molecule has 0 aliphatic carbocycles. The number of thiazole rings is 1. The molecule has 23 heavy (non-hydrogen) atoms. The second-order valence-corrected chi connectivity index (χ2v) is 7.67. The second-order valence-electron chi connectivity index (χ2n) is 5.36. The van der Waals surface area contributed by atoms with Gasteiger partial charge in [-0.1, -0.05) is 18.3 Å². The minimum atomic E-state index is 0.0812. The third-order valence-electron chi connectivity index (χ3n) is 3.71. The van der Waals surface area contributed by atoms with Crippen molar-refractivity contribution in [2.45, 2.75) is 36.1 Å². The minimum absolute atomic E-state index is 0.0812. The summed E-state index contributed by atoms with van der Waals surface area (Å²) in [6.07, 6.45) is 6.20. The van der Waals surface area contributed by atoms with E-state index >= 15 is 0 Å². The fourth-order valence-electron chi connectivity index (χ4n) is 2.39. The lowest BCUT2D eigenvalue weighted by Crippen LogP contribution is -2.34. The number of nitrogens with one attached hydrogen (secondary N) is 2. The van der Waals surface area contributed by atoms with Crippen molar-refractivity contribution >= 4 is 34.1 Å². The number of nitrogens with zero attached hydrogens (tertiary/aromatic N) is 2. The van der Waals surface area contributed by atoms with Gasteiger partial charge in [0.25, 0.3) is 0 Å². The highest BCUT2D eigenvalue weighted by atomic mass is 32.2. The maximum Gasteiger partial charge on any atom is 0.229 e. The summed E-state index contributed by atoms with van der Waals surface area (Å²) in [6.45, 7) is 3.86. The number of hydrogen-bond donors (Lipinski definition) is 2. The van der Waals surface area contributed by atoms with Crippen molar-refractivity contribution in [3.05, 3.63) is 24.0 Å². The van der Waals surface area contributed by atoms with E-state index in [9.17, 15) is 4.79 Å². The molecule has 0 saturated carbocycles. The summed E-state index contributed by atoms with van der Waals surface area (Å²) < 4.78 is 6.63. The first-order valence-electron chi connectivity index (χ1n) is 7.78. The number of anilines is 1. The molecule has 2 aromatic heterocycles. The van der Waals surface area contributed by atoms with Crippen molar-refractivity contribution in [3.63, 3.8) is 0 Å². The van der Waals surface area contributed by atoms with Crippen LogP contribution < -0.4 is 10.6 Å². The predicted molar refractivity (Wildman–Crippen MR) is 91.8 cm³/mol. The highest BCUT2D eigenvalue weighted by Crippen LogP contribution is 2.31. The average molecular weight is 352 g/mol. The Hall–Kier alpha value is -1.38. The Morgan fingerprint density at radius 2 is 2.26 bits per heavy atom.